The lowest BCUT2D eigenvalue weighted by molar-refractivity contribution is 0.456. The van der Waals surface area contributed by atoms with Crippen molar-refractivity contribution in [2.45, 2.75) is 59.4 Å². The third-order valence-corrected chi connectivity index (χ3v) is 3.78. The molecule has 92 valence electrons. The van der Waals surface area contributed by atoms with Crippen LogP contribution in [0.2, 0.25) is 0 Å². The number of hydrogen-bond acceptors (Lipinski definition) is 2. The Morgan fingerprint density at radius 2 is 1.80 bits per heavy atom. The summed E-state index contributed by atoms with van der Waals surface area (Å²) in [5.74, 6) is 3.44. The second kappa shape index (κ2) is 10.8. The highest BCUT2D eigenvalue weighted by molar-refractivity contribution is 7.99. The molecule has 0 aromatic heterocycles. The molecule has 0 heterocycles. The third-order valence-electron chi connectivity index (χ3n) is 2.44. The highest BCUT2D eigenvalue weighted by atomic mass is 32.2. The van der Waals surface area contributed by atoms with E-state index in [2.05, 4.69) is 44.8 Å². The first-order valence-corrected chi connectivity index (χ1v) is 7.67. The van der Waals surface area contributed by atoms with Crippen LogP contribution in [0.3, 0.4) is 0 Å². The molecule has 0 bridgehead atoms. The van der Waals surface area contributed by atoms with Crippen molar-refractivity contribution in [1.82, 2.24) is 5.32 Å². The minimum absolute atomic E-state index is 0.740. The molecular formula is C13H29NS. The van der Waals surface area contributed by atoms with Crippen molar-refractivity contribution in [2.75, 3.05) is 18.1 Å². The van der Waals surface area contributed by atoms with Crippen LogP contribution in [0.25, 0.3) is 0 Å². The second-order valence-corrected chi connectivity index (χ2v) is 5.85. The molecule has 1 nitrogen and oxygen atoms in total. The smallest absolute Gasteiger partial charge is 0.0158 e. The summed E-state index contributed by atoms with van der Waals surface area (Å²) in [5, 5.41) is 3.66. The third kappa shape index (κ3) is 10.6. The van der Waals surface area contributed by atoms with Crippen LogP contribution in [-0.4, -0.2) is 24.1 Å². The van der Waals surface area contributed by atoms with Gasteiger partial charge in [0.2, 0.25) is 0 Å². The van der Waals surface area contributed by atoms with Gasteiger partial charge in [0.15, 0.2) is 0 Å². The molecule has 0 radical (unpaired) electrons. The monoisotopic (exact) mass is 231 g/mol. The van der Waals surface area contributed by atoms with Crippen LogP contribution in [0, 0.1) is 5.92 Å². The Morgan fingerprint density at radius 1 is 1.07 bits per heavy atom. The fourth-order valence-corrected chi connectivity index (χ4v) is 2.52. The van der Waals surface area contributed by atoms with Gasteiger partial charge in [0, 0.05) is 11.8 Å². The van der Waals surface area contributed by atoms with E-state index in [0.717, 1.165) is 12.0 Å². The zero-order valence-electron chi connectivity index (χ0n) is 11.0. The highest BCUT2D eigenvalue weighted by Crippen LogP contribution is 2.12. The maximum Gasteiger partial charge on any atom is 0.0158 e. The second-order valence-electron chi connectivity index (χ2n) is 4.70. The van der Waals surface area contributed by atoms with E-state index >= 15 is 0 Å². The highest BCUT2D eigenvalue weighted by Gasteiger charge is 2.08. The number of hydrogen-bond donors (Lipinski definition) is 1. The van der Waals surface area contributed by atoms with Gasteiger partial charge in [0.25, 0.3) is 0 Å². The van der Waals surface area contributed by atoms with Crippen LogP contribution < -0.4 is 5.32 Å². The molecule has 1 N–H and O–H groups in total. The van der Waals surface area contributed by atoms with Crippen LogP contribution in [0.15, 0.2) is 0 Å². The zero-order chi connectivity index (χ0) is 11.5. The normalized spacial score (nSPS) is 13.4. The predicted molar refractivity (Wildman–Crippen MR) is 73.8 cm³/mol. The van der Waals surface area contributed by atoms with Gasteiger partial charge in [-0.1, -0.05) is 27.7 Å². The van der Waals surface area contributed by atoms with Crippen molar-refractivity contribution in [3.05, 3.63) is 0 Å². The standard InChI is InChI=1S/C13H29NS/c1-5-9-14-13(8-7-12(3)4)11-15-10-6-2/h12-14H,5-11H2,1-4H3. The van der Waals surface area contributed by atoms with Crippen molar-refractivity contribution < 1.29 is 0 Å². The molecule has 1 atom stereocenters. The Morgan fingerprint density at radius 3 is 2.33 bits per heavy atom. The Hall–Kier alpha value is 0.310. The van der Waals surface area contributed by atoms with E-state index in [1.165, 1.54) is 43.7 Å². The molecule has 0 saturated carbocycles. The summed E-state index contributed by atoms with van der Waals surface area (Å²) in [5.41, 5.74) is 0. The van der Waals surface area contributed by atoms with Crippen LogP contribution in [0.4, 0.5) is 0 Å². The van der Waals surface area contributed by atoms with E-state index in [1.807, 2.05) is 0 Å². The molecule has 0 aromatic rings. The molecular weight excluding hydrogens is 202 g/mol. The molecule has 0 fully saturated rings. The molecule has 0 aliphatic rings. The molecule has 0 rings (SSSR count). The van der Waals surface area contributed by atoms with E-state index in [9.17, 15) is 0 Å². The quantitative estimate of drug-likeness (QED) is 0.572. The molecule has 0 aromatic carbocycles. The lowest BCUT2D eigenvalue weighted by atomic mass is 10.0. The van der Waals surface area contributed by atoms with E-state index in [1.54, 1.807) is 0 Å². The topological polar surface area (TPSA) is 12.0 Å². The molecule has 1 unspecified atom stereocenters. The summed E-state index contributed by atoms with van der Waals surface area (Å²) in [6.45, 7) is 10.3. The Kier molecular flexibility index (Phi) is 11.0. The van der Waals surface area contributed by atoms with Crippen LogP contribution in [-0.2, 0) is 0 Å². The molecule has 15 heavy (non-hydrogen) atoms. The van der Waals surface area contributed by atoms with Crippen molar-refractivity contribution in [1.29, 1.82) is 0 Å². The first-order chi connectivity index (χ1) is 7.20. The molecule has 0 spiro atoms. The largest absolute Gasteiger partial charge is 0.313 e. The Balaban J connectivity index is 3.63. The molecule has 0 aliphatic heterocycles. The first-order valence-electron chi connectivity index (χ1n) is 6.51. The minimum atomic E-state index is 0.740. The van der Waals surface area contributed by atoms with Crippen molar-refractivity contribution in [3.8, 4) is 0 Å². The lowest BCUT2D eigenvalue weighted by Crippen LogP contribution is -2.32. The van der Waals surface area contributed by atoms with Gasteiger partial charge >= 0.3 is 0 Å². The molecule has 0 amide bonds. The molecule has 2 heteroatoms. The van der Waals surface area contributed by atoms with E-state index in [0.29, 0.717) is 0 Å². The van der Waals surface area contributed by atoms with Gasteiger partial charge in [-0.05, 0) is 43.9 Å². The Bertz CT molecular complexity index is 126. The summed E-state index contributed by atoms with van der Waals surface area (Å²) < 4.78 is 0. The number of thioether (sulfide) groups is 1. The van der Waals surface area contributed by atoms with Gasteiger partial charge in [-0.15, -0.1) is 0 Å². The minimum Gasteiger partial charge on any atom is -0.313 e. The lowest BCUT2D eigenvalue weighted by Gasteiger charge is -2.19. The summed E-state index contributed by atoms with van der Waals surface area (Å²) in [6.07, 6.45) is 5.24. The molecule has 0 aliphatic carbocycles. The number of rotatable bonds is 10. The van der Waals surface area contributed by atoms with Gasteiger partial charge in [-0.25, -0.2) is 0 Å². The average molecular weight is 231 g/mol. The van der Waals surface area contributed by atoms with Gasteiger partial charge < -0.3 is 5.32 Å². The number of nitrogens with one attached hydrogen (secondary N) is 1. The van der Waals surface area contributed by atoms with Gasteiger partial charge in [0.05, 0.1) is 0 Å². The summed E-state index contributed by atoms with van der Waals surface area (Å²) in [7, 11) is 0. The van der Waals surface area contributed by atoms with E-state index in [4.69, 9.17) is 0 Å². The van der Waals surface area contributed by atoms with Crippen molar-refractivity contribution >= 4 is 11.8 Å². The Labute approximate surface area is 101 Å². The first kappa shape index (κ1) is 15.3. The van der Waals surface area contributed by atoms with E-state index in [-0.39, 0.29) is 0 Å². The van der Waals surface area contributed by atoms with Gasteiger partial charge in [-0.3, -0.25) is 0 Å². The fourth-order valence-electron chi connectivity index (χ4n) is 1.50. The van der Waals surface area contributed by atoms with Crippen molar-refractivity contribution in [2.24, 2.45) is 5.92 Å². The van der Waals surface area contributed by atoms with Crippen LogP contribution >= 0.6 is 11.8 Å². The van der Waals surface area contributed by atoms with Crippen LogP contribution in [0.5, 0.6) is 0 Å². The summed E-state index contributed by atoms with van der Waals surface area (Å²) in [6, 6.07) is 0.740. The SMILES string of the molecule is CCCNC(CCC(C)C)CSCCC. The maximum atomic E-state index is 3.66. The average Bonchev–Trinajstić information content (AvgIpc) is 2.21. The van der Waals surface area contributed by atoms with Crippen molar-refractivity contribution in [3.63, 3.8) is 0 Å². The van der Waals surface area contributed by atoms with E-state index < -0.39 is 0 Å². The van der Waals surface area contributed by atoms with Crippen LogP contribution in [0.1, 0.15) is 53.4 Å². The van der Waals surface area contributed by atoms with Gasteiger partial charge in [0.1, 0.15) is 0 Å². The summed E-state index contributed by atoms with van der Waals surface area (Å²) >= 11 is 2.10. The maximum absolute atomic E-state index is 3.66. The molecule has 0 saturated heterocycles. The summed E-state index contributed by atoms with van der Waals surface area (Å²) in [4.78, 5) is 0. The zero-order valence-corrected chi connectivity index (χ0v) is 11.8. The fraction of sp³-hybridized carbons (Fsp3) is 1.00. The van der Waals surface area contributed by atoms with Gasteiger partial charge in [-0.2, -0.15) is 11.8 Å². The predicted octanol–water partition coefficient (Wildman–Crippen LogP) is 3.93.